The largest absolute Gasteiger partial charge is 0.497 e. The average molecular weight is 482 g/mol. The molecule has 2 N–H and O–H groups in total. The maximum atomic E-state index is 14.6. The Bertz CT molecular complexity index is 1200. The van der Waals surface area contributed by atoms with Crippen LogP contribution in [0, 0.1) is 5.82 Å². The molecule has 1 amide bonds. The second-order valence-corrected chi connectivity index (χ2v) is 9.71. The van der Waals surface area contributed by atoms with Crippen LogP contribution in [0.2, 0.25) is 0 Å². The fraction of sp³-hybridized carbons (Fsp3) is 0.400. The van der Waals surface area contributed by atoms with E-state index in [9.17, 15) is 9.18 Å². The lowest BCUT2D eigenvalue weighted by Crippen LogP contribution is -2.42. The first-order chi connectivity index (χ1) is 16.6. The van der Waals surface area contributed by atoms with Crippen molar-refractivity contribution in [2.24, 2.45) is 0 Å². The summed E-state index contributed by atoms with van der Waals surface area (Å²) in [5, 5.41) is 8.23. The van der Waals surface area contributed by atoms with Crippen LogP contribution in [0.5, 0.6) is 5.75 Å². The number of nitrogens with one attached hydrogen (secondary N) is 2. The molecule has 34 heavy (non-hydrogen) atoms. The van der Waals surface area contributed by atoms with E-state index in [4.69, 9.17) is 4.74 Å². The van der Waals surface area contributed by atoms with Crippen LogP contribution in [0.4, 0.5) is 10.1 Å². The molecule has 5 rings (SSSR count). The molecule has 178 valence electrons. The van der Waals surface area contributed by atoms with Crippen molar-refractivity contribution in [1.82, 2.24) is 20.2 Å². The second kappa shape index (κ2) is 10.2. The molecule has 0 bridgehead atoms. The van der Waals surface area contributed by atoms with Crippen molar-refractivity contribution in [2.45, 2.75) is 36.9 Å². The maximum Gasteiger partial charge on any atom is 0.234 e. The van der Waals surface area contributed by atoms with E-state index in [-0.39, 0.29) is 11.7 Å². The van der Waals surface area contributed by atoms with Gasteiger partial charge in [-0.15, -0.1) is 0 Å². The van der Waals surface area contributed by atoms with Gasteiger partial charge in [0.15, 0.2) is 0 Å². The summed E-state index contributed by atoms with van der Waals surface area (Å²) in [6.07, 6.45) is 5.92. The number of likely N-dealkylation sites (tertiary alicyclic amines) is 1. The molecule has 9 heteroatoms. The van der Waals surface area contributed by atoms with Gasteiger partial charge in [-0.1, -0.05) is 11.8 Å². The molecule has 3 aromatic rings. The molecule has 0 spiro atoms. The third-order valence-electron chi connectivity index (χ3n) is 6.52. The van der Waals surface area contributed by atoms with E-state index in [1.54, 1.807) is 7.11 Å². The number of halogens is 1. The molecule has 0 atom stereocenters. The smallest absolute Gasteiger partial charge is 0.234 e. The second-order valence-electron chi connectivity index (χ2n) is 8.75. The minimum atomic E-state index is -0.259. The van der Waals surface area contributed by atoms with Gasteiger partial charge in [0.25, 0.3) is 0 Å². The van der Waals surface area contributed by atoms with E-state index in [0.717, 1.165) is 66.2 Å². The van der Waals surface area contributed by atoms with E-state index in [2.05, 4.69) is 25.5 Å². The Kier molecular flexibility index (Phi) is 6.94. The number of hydrogen-bond donors (Lipinski definition) is 2. The molecule has 2 aromatic heterocycles. The monoisotopic (exact) mass is 481 g/mol. The number of benzene rings is 1. The van der Waals surface area contributed by atoms with E-state index < -0.39 is 0 Å². The Morgan fingerprint density at radius 1 is 1.24 bits per heavy atom. The van der Waals surface area contributed by atoms with Crippen molar-refractivity contribution in [2.75, 3.05) is 37.8 Å². The highest BCUT2D eigenvalue weighted by molar-refractivity contribution is 8.00. The van der Waals surface area contributed by atoms with Gasteiger partial charge in [0.1, 0.15) is 16.6 Å². The number of thioether (sulfide) groups is 1. The van der Waals surface area contributed by atoms with E-state index >= 15 is 0 Å². The number of aromatic nitrogens is 2. The van der Waals surface area contributed by atoms with Gasteiger partial charge in [0.2, 0.25) is 5.91 Å². The Labute approximate surface area is 202 Å². The summed E-state index contributed by atoms with van der Waals surface area (Å²) in [5.74, 6) is 0.901. The molecule has 4 heterocycles. The number of anilines is 1. The molecule has 1 saturated heterocycles. The highest BCUT2D eigenvalue weighted by Gasteiger charge is 2.21. The number of methoxy groups -OCH3 is 1. The van der Waals surface area contributed by atoms with Crippen molar-refractivity contribution in [1.29, 1.82) is 0 Å². The molecule has 1 aromatic carbocycles. The molecule has 2 aliphatic heterocycles. The number of hydrogen-bond acceptors (Lipinski definition) is 7. The SMILES string of the molecule is COc1ccc2ncc(F)c(CCN3CCC(NCc4cnc5c(c4)NC(=O)CS5)CC3)c2c1. The quantitative estimate of drug-likeness (QED) is 0.534. The van der Waals surface area contributed by atoms with Crippen LogP contribution < -0.4 is 15.4 Å². The summed E-state index contributed by atoms with van der Waals surface area (Å²) < 4.78 is 19.9. The maximum absolute atomic E-state index is 14.6. The molecule has 7 nitrogen and oxygen atoms in total. The fourth-order valence-corrected chi connectivity index (χ4v) is 5.33. The minimum absolute atomic E-state index is 0.0237. The van der Waals surface area contributed by atoms with Crippen LogP contribution >= 0.6 is 11.8 Å². The molecule has 2 aliphatic rings. The molecule has 0 saturated carbocycles. The number of carbonyl (C=O) groups is 1. The van der Waals surface area contributed by atoms with Gasteiger partial charge in [0.05, 0.1) is 30.3 Å². The van der Waals surface area contributed by atoms with Crippen LogP contribution in [0.1, 0.15) is 24.0 Å². The third-order valence-corrected chi connectivity index (χ3v) is 7.52. The first-order valence-corrected chi connectivity index (χ1v) is 12.6. The van der Waals surface area contributed by atoms with Gasteiger partial charge >= 0.3 is 0 Å². The van der Waals surface area contributed by atoms with Crippen molar-refractivity contribution in [3.63, 3.8) is 0 Å². The molecular weight excluding hydrogens is 453 g/mol. The third kappa shape index (κ3) is 5.16. The zero-order chi connectivity index (χ0) is 23.5. The first kappa shape index (κ1) is 23.0. The number of amides is 1. The fourth-order valence-electron chi connectivity index (χ4n) is 4.59. The Morgan fingerprint density at radius 2 is 2.09 bits per heavy atom. The number of pyridine rings is 2. The lowest BCUT2D eigenvalue weighted by Gasteiger charge is -2.32. The van der Waals surface area contributed by atoms with Crippen molar-refractivity contribution in [3.8, 4) is 5.75 Å². The summed E-state index contributed by atoms with van der Waals surface area (Å²) >= 11 is 1.48. The van der Waals surface area contributed by atoms with Crippen LogP contribution in [-0.2, 0) is 17.8 Å². The summed E-state index contributed by atoms with van der Waals surface area (Å²) in [5.41, 5.74) is 3.37. The molecular formula is C25H28FN5O2S. The highest BCUT2D eigenvalue weighted by Crippen LogP contribution is 2.30. The topological polar surface area (TPSA) is 79.4 Å². The zero-order valence-electron chi connectivity index (χ0n) is 19.1. The highest BCUT2D eigenvalue weighted by atomic mass is 32.2. The number of carbonyl (C=O) groups excluding carboxylic acids is 1. The molecule has 0 radical (unpaired) electrons. The zero-order valence-corrected chi connectivity index (χ0v) is 20.0. The summed E-state index contributed by atoms with van der Waals surface area (Å²) in [6, 6.07) is 8.04. The van der Waals surface area contributed by atoms with Crippen LogP contribution in [-0.4, -0.2) is 59.3 Å². The van der Waals surface area contributed by atoms with Crippen LogP contribution in [0.15, 0.2) is 41.7 Å². The number of rotatable bonds is 7. The number of nitrogens with zero attached hydrogens (tertiary/aromatic N) is 3. The normalized spacial score (nSPS) is 16.9. The van der Waals surface area contributed by atoms with Crippen LogP contribution in [0.25, 0.3) is 10.9 Å². The number of fused-ring (bicyclic) bond motifs is 2. The number of ether oxygens (including phenoxy) is 1. The van der Waals surface area contributed by atoms with Crippen molar-refractivity contribution in [3.05, 3.63) is 53.6 Å². The standard InChI is InChI=1S/C25H28FN5O2S/c1-33-18-2-3-22-20(11-18)19(21(26)14-28-22)6-9-31-7-4-17(5-8-31)27-12-16-10-23-25(29-13-16)34-15-24(32)30-23/h2-3,10-11,13-14,17,27H,4-9,12,15H2,1H3,(H,30,32). The van der Waals surface area contributed by atoms with Gasteiger partial charge in [0, 0.05) is 36.3 Å². The van der Waals surface area contributed by atoms with E-state index in [1.165, 1.54) is 18.0 Å². The molecule has 0 unspecified atom stereocenters. The van der Waals surface area contributed by atoms with Gasteiger partial charge in [-0.3, -0.25) is 9.78 Å². The Hall–Kier alpha value is -2.75. The van der Waals surface area contributed by atoms with E-state index in [0.29, 0.717) is 29.5 Å². The van der Waals surface area contributed by atoms with E-state index in [1.807, 2.05) is 30.5 Å². The van der Waals surface area contributed by atoms with Crippen molar-refractivity contribution >= 4 is 34.3 Å². The minimum Gasteiger partial charge on any atom is -0.497 e. The molecule has 1 fully saturated rings. The van der Waals surface area contributed by atoms with Gasteiger partial charge < -0.3 is 20.3 Å². The molecule has 0 aliphatic carbocycles. The summed E-state index contributed by atoms with van der Waals surface area (Å²) in [6.45, 7) is 3.48. The van der Waals surface area contributed by atoms with Crippen molar-refractivity contribution < 1.29 is 13.9 Å². The predicted molar refractivity (Wildman–Crippen MR) is 132 cm³/mol. The lowest BCUT2D eigenvalue weighted by molar-refractivity contribution is -0.113. The van der Waals surface area contributed by atoms with Gasteiger partial charge in [-0.05, 0) is 62.2 Å². The van der Waals surface area contributed by atoms with Crippen LogP contribution in [0.3, 0.4) is 0 Å². The summed E-state index contributed by atoms with van der Waals surface area (Å²) in [7, 11) is 1.62. The summed E-state index contributed by atoms with van der Waals surface area (Å²) in [4.78, 5) is 22.7. The van der Waals surface area contributed by atoms with Gasteiger partial charge in [-0.25, -0.2) is 9.37 Å². The lowest BCUT2D eigenvalue weighted by atomic mass is 10.0. The van der Waals surface area contributed by atoms with Gasteiger partial charge in [-0.2, -0.15) is 0 Å². The first-order valence-electron chi connectivity index (χ1n) is 11.6. The Balaban J connectivity index is 1.13. The Morgan fingerprint density at radius 3 is 2.91 bits per heavy atom. The average Bonchev–Trinajstić information content (AvgIpc) is 2.87. The predicted octanol–water partition coefficient (Wildman–Crippen LogP) is 3.62. The number of piperidine rings is 1.